The first kappa shape index (κ1) is 14.4. The van der Waals surface area contributed by atoms with Crippen LogP contribution in [0.4, 0.5) is 0 Å². The van der Waals surface area contributed by atoms with E-state index in [9.17, 15) is 5.11 Å². The first-order chi connectivity index (χ1) is 10.3. The second-order valence-electron chi connectivity index (χ2n) is 4.69. The summed E-state index contributed by atoms with van der Waals surface area (Å²) < 4.78 is 0. The van der Waals surface area contributed by atoms with E-state index in [1.165, 1.54) is 10.4 Å². The number of rotatable bonds is 6. The van der Waals surface area contributed by atoms with E-state index in [2.05, 4.69) is 22.4 Å². The molecule has 2 N–H and O–H groups in total. The molecular weight excluding hydrogens is 300 g/mol. The van der Waals surface area contributed by atoms with Crippen LogP contribution >= 0.6 is 22.7 Å². The molecule has 0 aliphatic carbocycles. The number of thiazole rings is 1. The summed E-state index contributed by atoms with van der Waals surface area (Å²) in [6.45, 7) is 1.22. The first-order valence-corrected chi connectivity index (χ1v) is 8.50. The van der Waals surface area contributed by atoms with Gasteiger partial charge >= 0.3 is 0 Å². The Morgan fingerprint density at radius 2 is 2.05 bits per heavy atom. The minimum absolute atomic E-state index is 0.454. The molecule has 0 aliphatic heterocycles. The van der Waals surface area contributed by atoms with Gasteiger partial charge in [-0.3, -0.25) is 0 Å². The van der Waals surface area contributed by atoms with Crippen LogP contribution in [0.5, 0.6) is 0 Å². The summed E-state index contributed by atoms with van der Waals surface area (Å²) in [5.74, 6) is 0. The fourth-order valence-corrected chi connectivity index (χ4v) is 3.63. The lowest BCUT2D eigenvalue weighted by Crippen LogP contribution is -2.20. The molecule has 3 aromatic rings. The highest BCUT2D eigenvalue weighted by atomic mass is 32.1. The Balaban J connectivity index is 1.54. The molecular formula is C16H16N2OS2. The number of nitrogens with zero attached hydrogens (tertiary/aromatic N) is 1. The van der Waals surface area contributed by atoms with Crippen LogP contribution in [-0.2, 0) is 6.54 Å². The molecule has 3 rings (SSSR count). The molecule has 0 amide bonds. The molecule has 0 bridgehead atoms. The van der Waals surface area contributed by atoms with Crippen LogP contribution in [0.2, 0.25) is 0 Å². The van der Waals surface area contributed by atoms with Crippen LogP contribution in [0.1, 0.15) is 16.7 Å². The summed E-state index contributed by atoms with van der Waals surface area (Å²) >= 11 is 3.28. The van der Waals surface area contributed by atoms with Crippen LogP contribution in [0.25, 0.3) is 10.4 Å². The van der Waals surface area contributed by atoms with E-state index in [4.69, 9.17) is 0 Å². The summed E-state index contributed by atoms with van der Waals surface area (Å²) in [5, 5.41) is 18.2. The smallest absolute Gasteiger partial charge is 0.107 e. The van der Waals surface area contributed by atoms with Gasteiger partial charge in [0.2, 0.25) is 0 Å². The molecule has 21 heavy (non-hydrogen) atoms. The van der Waals surface area contributed by atoms with Gasteiger partial charge in [0.05, 0.1) is 11.0 Å². The van der Waals surface area contributed by atoms with Gasteiger partial charge in [0, 0.05) is 19.3 Å². The van der Waals surface area contributed by atoms with E-state index in [-0.39, 0.29) is 0 Å². The van der Waals surface area contributed by atoms with Crippen molar-refractivity contribution in [3.05, 3.63) is 63.9 Å². The predicted molar refractivity (Wildman–Crippen MR) is 88.5 cm³/mol. The molecule has 2 heterocycles. The minimum Gasteiger partial charge on any atom is -0.387 e. The van der Waals surface area contributed by atoms with Gasteiger partial charge in [0.15, 0.2) is 0 Å². The normalized spacial score (nSPS) is 12.4. The van der Waals surface area contributed by atoms with Crippen molar-refractivity contribution in [2.75, 3.05) is 6.54 Å². The van der Waals surface area contributed by atoms with Gasteiger partial charge in [-0.1, -0.05) is 30.3 Å². The molecule has 3 nitrogen and oxygen atoms in total. The monoisotopic (exact) mass is 316 g/mol. The summed E-state index contributed by atoms with van der Waals surface area (Å²) in [6, 6.07) is 12.2. The molecule has 1 atom stereocenters. The molecule has 2 aromatic heterocycles. The lowest BCUT2D eigenvalue weighted by atomic mass is 10.2. The third-order valence-electron chi connectivity index (χ3n) is 3.15. The van der Waals surface area contributed by atoms with E-state index < -0.39 is 6.10 Å². The Hall–Kier alpha value is -1.53. The number of aliphatic hydroxyl groups excluding tert-OH is 1. The topological polar surface area (TPSA) is 45.1 Å². The maximum absolute atomic E-state index is 10.00. The van der Waals surface area contributed by atoms with E-state index in [1.54, 1.807) is 22.7 Å². The van der Waals surface area contributed by atoms with Crippen molar-refractivity contribution in [3.63, 3.8) is 0 Å². The summed E-state index contributed by atoms with van der Waals surface area (Å²) in [7, 11) is 0. The highest BCUT2D eigenvalue weighted by Gasteiger charge is 2.08. The van der Waals surface area contributed by atoms with Crippen LogP contribution in [0.3, 0.4) is 0 Å². The Labute approximate surface area is 131 Å². The zero-order valence-electron chi connectivity index (χ0n) is 11.4. The molecule has 1 unspecified atom stereocenters. The van der Waals surface area contributed by atoms with Gasteiger partial charge in [0.1, 0.15) is 5.01 Å². The zero-order chi connectivity index (χ0) is 14.5. The average Bonchev–Trinajstić information content (AvgIpc) is 3.20. The summed E-state index contributed by atoms with van der Waals surface area (Å²) in [6.07, 6.45) is 1.46. The van der Waals surface area contributed by atoms with Crippen molar-refractivity contribution in [3.8, 4) is 10.4 Å². The Morgan fingerprint density at radius 3 is 2.81 bits per heavy atom. The van der Waals surface area contributed by atoms with Crippen molar-refractivity contribution in [2.45, 2.75) is 12.6 Å². The van der Waals surface area contributed by atoms with Gasteiger partial charge in [-0.15, -0.1) is 11.3 Å². The molecule has 0 saturated heterocycles. The zero-order valence-corrected chi connectivity index (χ0v) is 13.0. The molecule has 0 fully saturated rings. The fraction of sp³-hybridized carbons (Fsp3) is 0.188. The van der Waals surface area contributed by atoms with E-state index >= 15 is 0 Å². The van der Waals surface area contributed by atoms with E-state index in [1.807, 2.05) is 41.2 Å². The maximum Gasteiger partial charge on any atom is 0.107 e. The Morgan fingerprint density at radius 1 is 1.19 bits per heavy atom. The maximum atomic E-state index is 10.00. The largest absolute Gasteiger partial charge is 0.387 e. The molecule has 1 aromatic carbocycles. The average molecular weight is 316 g/mol. The molecule has 0 aliphatic rings. The summed E-state index contributed by atoms with van der Waals surface area (Å²) in [5.41, 5.74) is 2.16. The molecule has 108 valence electrons. The van der Waals surface area contributed by atoms with E-state index in [0.29, 0.717) is 13.1 Å². The lowest BCUT2D eigenvalue weighted by molar-refractivity contribution is 0.175. The summed E-state index contributed by atoms with van der Waals surface area (Å²) in [4.78, 5) is 5.60. The fourth-order valence-electron chi connectivity index (χ4n) is 2.03. The van der Waals surface area contributed by atoms with Gasteiger partial charge in [0.25, 0.3) is 0 Å². The second kappa shape index (κ2) is 6.95. The highest BCUT2D eigenvalue weighted by molar-refractivity contribution is 7.15. The van der Waals surface area contributed by atoms with Crippen LogP contribution in [-0.4, -0.2) is 16.6 Å². The van der Waals surface area contributed by atoms with Gasteiger partial charge in [-0.2, -0.15) is 11.3 Å². The predicted octanol–water partition coefficient (Wildman–Crippen LogP) is 3.69. The van der Waals surface area contributed by atoms with Crippen molar-refractivity contribution < 1.29 is 5.11 Å². The molecule has 0 saturated carbocycles. The van der Waals surface area contributed by atoms with Gasteiger partial charge in [-0.05, 0) is 28.0 Å². The number of benzene rings is 1. The van der Waals surface area contributed by atoms with Gasteiger partial charge in [-0.25, -0.2) is 4.98 Å². The highest BCUT2D eigenvalue weighted by Crippen LogP contribution is 2.25. The number of hydrogen-bond donors (Lipinski definition) is 2. The number of aliphatic hydroxyl groups is 1. The van der Waals surface area contributed by atoms with Crippen LogP contribution < -0.4 is 5.32 Å². The quantitative estimate of drug-likeness (QED) is 0.729. The van der Waals surface area contributed by atoms with Crippen molar-refractivity contribution in [2.24, 2.45) is 0 Å². The molecule has 0 spiro atoms. The van der Waals surface area contributed by atoms with Crippen LogP contribution in [0.15, 0.2) is 53.4 Å². The number of hydrogen-bond acceptors (Lipinski definition) is 5. The molecule has 0 radical (unpaired) electrons. The van der Waals surface area contributed by atoms with Gasteiger partial charge < -0.3 is 10.4 Å². The second-order valence-corrected chi connectivity index (χ2v) is 6.58. The lowest BCUT2D eigenvalue weighted by Gasteiger charge is -2.09. The number of thiophene rings is 1. The Bertz CT molecular complexity index is 665. The first-order valence-electron chi connectivity index (χ1n) is 6.74. The van der Waals surface area contributed by atoms with Crippen LogP contribution in [0, 0.1) is 0 Å². The molecule has 5 heteroatoms. The third-order valence-corrected chi connectivity index (χ3v) is 4.90. The van der Waals surface area contributed by atoms with Crippen molar-refractivity contribution >= 4 is 22.7 Å². The minimum atomic E-state index is -0.454. The van der Waals surface area contributed by atoms with Crippen molar-refractivity contribution in [1.29, 1.82) is 0 Å². The Kier molecular flexibility index (Phi) is 4.77. The standard InChI is InChI=1S/C16H16N2OS2/c19-14(13-6-7-20-11-13)8-17-10-16-18-9-15(21-16)12-4-2-1-3-5-12/h1-7,9,11,14,17,19H,8,10H2. The van der Waals surface area contributed by atoms with E-state index in [0.717, 1.165) is 10.6 Å². The number of aromatic nitrogens is 1. The SMILES string of the molecule is OC(CNCc1ncc(-c2ccccc2)s1)c1ccsc1. The third kappa shape index (κ3) is 3.77. The number of nitrogens with one attached hydrogen (secondary N) is 1. The van der Waals surface area contributed by atoms with Crippen molar-refractivity contribution in [1.82, 2.24) is 10.3 Å².